The fraction of sp³-hybridized carbons (Fsp3) is 0.636. The predicted octanol–water partition coefficient (Wildman–Crippen LogP) is 2.09. The lowest BCUT2D eigenvalue weighted by molar-refractivity contribution is -0.119. The molecule has 2 N–H and O–H groups in total. The fourth-order valence-electron chi connectivity index (χ4n) is 3.96. The van der Waals surface area contributed by atoms with E-state index in [1.807, 2.05) is 13.8 Å². The highest BCUT2D eigenvalue weighted by Gasteiger charge is 2.24. The summed E-state index contributed by atoms with van der Waals surface area (Å²) >= 11 is 1.07. The van der Waals surface area contributed by atoms with Gasteiger partial charge in [-0.3, -0.25) is 24.0 Å². The maximum Gasteiger partial charge on any atom is 0.332 e. The van der Waals surface area contributed by atoms with E-state index in [1.165, 1.54) is 18.0 Å². The standard InChI is InChI=1S/C22H32N6O4S/c1-12(2)11-28-17-16(20(30)27(5)22(28)32)19(24-14(4)23-17)33-13(3)18(29)26-21(31)25-15-9-7-6-8-10-15/h12-13,15H,6-11H2,1-5H3,(H2,25,26,29,31)/t13-/m1/s1. The van der Waals surface area contributed by atoms with E-state index in [-0.39, 0.29) is 23.0 Å². The number of aryl methyl sites for hydroxylation is 1. The smallest absolute Gasteiger partial charge is 0.332 e. The van der Waals surface area contributed by atoms with Crippen molar-refractivity contribution in [3.63, 3.8) is 0 Å². The first-order valence-electron chi connectivity index (χ1n) is 11.3. The first-order valence-corrected chi connectivity index (χ1v) is 12.2. The van der Waals surface area contributed by atoms with Crippen LogP contribution in [-0.2, 0) is 18.4 Å². The highest BCUT2D eigenvalue weighted by atomic mass is 32.2. The fourth-order valence-corrected chi connectivity index (χ4v) is 4.94. The summed E-state index contributed by atoms with van der Waals surface area (Å²) in [6.07, 6.45) is 5.15. The van der Waals surface area contributed by atoms with Crippen LogP contribution in [0.5, 0.6) is 0 Å². The molecule has 1 saturated carbocycles. The Kier molecular flexibility index (Phi) is 7.93. The van der Waals surface area contributed by atoms with Crippen molar-refractivity contribution in [2.45, 2.75) is 82.7 Å². The van der Waals surface area contributed by atoms with Crippen LogP contribution in [0.2, 0.25) is 0 Å². The van der Waals surface area contributed by atoms with Crippen molar-refractivity contribution in [1.82, 2.24) is 29.7 Å². The first-order chi connectivity index (χ1) is 15.6. The Morgan fingerprint density at radius 1 is 1.12 bits per heavy atom. The van der Waals surface area contributed by atoms with Gasteiger partial charge >= 0.3 is 11.7 Å². The molecule has 0 unspecified atom stereocenters. The number of fused-ring (bicyclic) bond motifs is 1. The molecule has 10 nitrogen and oxygen atoms in total. The zero-order chi connectivity index (χ0) is 24.3. The Labute approximate surface area is 196 Å². The van der Waals surface area contributed by atoms with Gasteiger partial charge in [0.2, 0.25) is 5.91 Å². The van der Waals surface area contributed by atoms with Crippen molar-refractivity contribution >= 4 is 34.7 Å². The van der Waals surface area contributed by atoms with Crippen LogP contribution in [-0.4, -0.2) is 42.3 Å². The van der Waals surface area contributed by atoms with E-state index >= 15 is 0 Å². The molecule has 1 aliphatic rings. The summed E-state index contributed by atoms with van der Waals surface area (Å²) in [5, 5.41) is 5.06. The molecule has 0 radical (unpaired) electrons. The number of nitrogens with zero attached hydrogens (tertiary/aromatic N) is 4. The van der Waals surface area contributed by atoms with Crippen molar-refractivity contribution in [3.8, 4) is 0 Å². The van der Waals surface area contributed by atoms with Gasteiger partial charge in [-0.1, -0.05) is 44.9 Å². The van der Waals surface area contributed by atoms with Crippen molar-refractivity contribution in [1.29, 1.82) is 0 Å². The molecule has 2 heterocycles. The molecular formula is C22H32N6O4S. The maximum atomic E-state index is 13.0. The SMILES string of the molecule is Cc1nc(S[C@H](C)C(=O)NC(=O)NC2CCCCC2)c2c(=O)n(C)c(=O)n(CC(C)C)c2n1. The van der Waals surface area contributed by atoms with Crippen LogP contribution < -0.4 is 21.9 Å². The van der Waals surface area contributed by atoms with E-state index in [0.717, 1.165) is 42.0 Å². The molecule has 1 fully saturated rings. The second kappa shape index (κ2) is 10.5. The lowest BCUT2D eigenvalue weighted by Crippen LogP contribution is -2.47. The number of hydrogen-bond donors (Lipinski definition) is 2. The van der Waals surface area contributed by atoms with E-state index in [4.69, 9.17) is 0 Å². The van der Waals surface area contributed by atoms with Gasteiger partial charge in [-0.25, -0.2) is 19.6 Å². The number of nitrogens with one attached hydrogen (secondary N) is 2. The zero-order valence-corrected chi connectivity index (χ0v) is 20.6. The number of hydrogen-bond acceptors (Lipinski definition) is 7. The molecule has 33 heavy (non-hydrogen) atoms. The van der Waals surface area contributed by atoms with E-state index in [0.29, 0.717) is 17.4 Å². The summed E-state index contributed by atoms with van der Waals surface area (Å²) in [6.45, 7) is 7.65. The average molecular weight is 477 g/mol. The quantitative estimate of drug-likeness (QED) is 0.483. The van der Waals surface area contributed by atoms with E-state index in [2.05, 4.69) is 20.6 Å². The minimum Gasteiger partial charge on any atom is -0.335 e. The van der Waals surface area contributed by atoms with Gasteiger partial charge in [0, 0.05) is 19.6 Å². The molecule has 0 saturated heterocycles. The van der Waals surface area contributed by atoms with E-state index in [1.54, 1.807) is 13.8 Å². The van der Waals surface area contributed by atoms with Crippen LogP contribution in [0.25, 0.3) is 11.0 Å². The largest absolute Gasteiger partial charge is 0.335 e. The average Bonchev–Trinajstić information content (AvgIpc) is 2.75. The molecule has 3 amide bonds. The van der Waals surface area contributed by atoms with Gasteiger partial charge in [0.1, 0.15) is 16.2 Å². The number of aromatic nitrogens is 4. The number of urea groups is 1. The highest BCUT2D eigenvalue weighted by molar-refractivity contribution is 8.00. The molecule has 11 heteroatoms. The molecular weight excluding hydrogens is 444 g/mol. The number of carbonyl (C=O) groups is 2. The van der Waals surface area contributed by atoms with Gasteiger partial charge in [-0.2, -0.15) is 0 Å². The minimum atomic E-state index is -0.699. The van der Waals surface area contributed by atoms with Crippen LogP contribution in [0.4, 0.5) is 4.79 Å². The summed E-state index contributed by atoms with van der Waals surface area (Å²) in [5.41, 5.74) is -0.699. The molecule has 0 aromatic carbocycles. The van der Waals surface area contributed by atoms with Crippen molar-refractivity contribution in [3.05, 3.63) is 26.7 Å². The Balaban J connectivity index is 1.86. The molecule has 0 aliphatic heterocycles. The second-order valence-corrected chi connectivity index (χ2v) is 10.3. The number of carbonyl (C=O) groups excluding carboxylic acids is 2. The van der Waals surface area contributed by atoms with Crippen LogP contribution in [0, 0.1) is 12.8 Å². The molecule has 0 bridgehead atoms. The molecule has 0 spiro atoms. The van der Waals surface area contributed by atoms with Gasteiger partial charge in [0.15, 0.2) is 5.65 Å². The normalized spacial score (nSPS) is 15.6. The summed E-state index contributed by atoms with van der Waals surface area (Å²) in [7, 11) is 1.42. The van der Waals surface area contributed by atoms with Crippen LogP contribution in [0.15, 0.2) is 14.6 Å². The van der Waals surface area contributed by atoms with Crippen LogP contribution in [0.1, 0.15) is 58.7 Å². The molecule has 1 atom stereocenters. The molecule has 2 aromatic heterocycles. The van der Waals surface area contributed by atoms with Gasteiger partial charge in [0.05, 0.1) is 5.25 Å². The summed E-state index contributed by atoms with van der Waals surface area (Å²) in [5.74, 6) is 0.0602. The van der Waals surface area contributed by atoms with E-state index < -0.39 is 28.4 Å². The van der Waals surface area contributed by atoms with Crippen molar-refractivity contribution in [2.75, 3.05) is 0 Å². The number of amides is 3. The first kappa shape index (κ1) is 24.9. The third kappa shape index (κ3) is 5.82. The summed E-state index contributed by atoms with van der Waals surface area (Å²) in [4.78, 5) is 59.4. The number of thioether (sulfide) groups is 1. The number of rotatable bonds is 6. The topological polar surface area (TPSA) is 128 Å². The molecule has 1 aliphatic carbocycles. The van der Waals surface area contributed by atoms with Gasteiger partial charge < -0.3 is 5.32 Å². The summed E-state index contributed by atoms with van der Waals surface area (Å²) in [6, 6.07) is -0.423. The van der Waals surface area contributed by atoms with Crippen molar-refractivity contribution in [2.24, 2.45) is 13.0 Å². The van der Waals surface area contributed by atoms with Gasteiger partial charge in [-0.05, 0) is 32.6 Å². The maximum absolute atomic E-state index is 13.0. The van der Waals surface area contributed by atoms with E-state index in [9.17, 15) is 19.2 Å². The molecule has 180 valence electrons. The highest BCUT2D eigenvalue weighted by Crippen LogP contribution is 2.26. The Hall–Kier alpha value is -2.69. The molecule has 3 rings (SSSR count). The Morgan fingerprint density at radius 2 is 1.79 bits per heavy atom. The van der Waals surface area contributed by atoms with Gasteiger partial charge in [0.25, 0.3) is 5.56 Å². The second-order valence-electron chi connectivity index (χ2n) is 8.98. The number of imide groups is 1. The molecule has 2 aromatic rings. The lowest BCUT2D eigenvalue weighted by atomic mass is 9.96. The van der Waals surface area contributed by atoms with Gasteiger partial charge in [-0.15, -0.1) is 0 Å². The zero-order valence-electron chi connectivity index (χ0n) is 19.8. The third-order valence-corrected chi connectivity index (χ3v) is 6.73. The Morgan fingerprint density at radius 3 is 2.42 bits per heavy atom. The minimum absolute atomic E-state index is 0.0867. The van der Waals surface area contributed by atoms with Crippen LogP contribution in [0.3, 0.4) is 0 Å². The third-order valence-electron chi connectivity index (χ3n) is 5.64. The lowest BCUT2D eigenvalue weighted by Gasteiger charge is -2.23. The Bertz CT molecular complexity index is 1170. The summed E-state index contributed by atoms with van der Waals surface area (Å²) < 4.78 is 2.51. The monoisotopic (exact) mass is 476 g/mol. The van der Waals surface area contributed by atoms with Crippen molar-refractivity contribution < 1.29 is 9.59 Å². The predicted molar refractivity (Wildman–Crippen MR) is 127 cm³/mol. The van der Waals surface area contributed by atoms with Crippen LogP contribution >= 0.6 is 11.8 Å².